The van der Waals surface area contributed by atoms with Gasteiger partial charge in [0.25, 0.3) is 0 Å². The van der Waals surface area contributed by atoms with Crippen LogP contribution in [0.4, 0.5) is 0 Å². The minimum atomic E-state index is -1.01. The first-order valence-electron chi connectivity index (χ1n) is 7.39. The van der Waals surface area contributed by atoms with Gasteiger partial charge in [0.05, 0.1) is 0 Å². The molecule has 1 rings (SSSR count). The Morgan fingerprint density at radius 3 is 2.65 bits per heavy atom. The van der Waals surface area contributed by atoms with Crippen molar-refractivity contribution >= 4 is 5.97 Å². The monoisotopic (exact) mass is 281 g/mol. The van der Waals surface area contributed by atoms with Gasteiger partial charge in [-0.05, 0) is 24.8 Å². The third-order valence-corrected chi connectivity index (χ3v) is 3.61. The summed E-state index contributed by atoms with van der Waals surface area (Å²) in [4.78, 5) is 10.8. The van der Waals surface area contributed by atoms with Crippen molar-refractivity contribution in [1.82, 2.24) is 5.32 Å². The molecule has 0 unspecified atom stereocenters. The van der Waals surface area contributed by atoms with Crippen LogP contribution in [0.5, 0.6) is 0 Å². The maximum Gasteiger partial charge on any atom is 0.371 e. The van der Waals surface area contributed by atoms with Crippen LogP contribution in [0.25, 0.3) is 0 Å². The van der Waals surface area contributed by atoms with E-state index in [-0.39, 0.29) is 11.2 Å². The van der Waals surface area contributed by atoms with E-state index in [2.05, 4.69) is 26.1 Å². The summed E-state index contributed by atoms with van der Waals surface area (Å²) in [7, 11) is 0. The molecule has 0 saturated heterocycles. The Kier molecular flexibility index (Phi) is 6.27. The summed E-state index contributed by atoms with van der Waals surface area (Å²) < 4.78 is 5.20. The fourth-order valence-electron chi connectivity index (χ4n) is 2.28. The summed E-state index contributed by atoms with van der Waals surface area (Å²) in [5.41, 5.74) is 1.19. The van der Waals surface area contributed by atoms with Crippen LogP contribution in [0.3, 0.4) is 0 Å². The molecule has 1 heterocycles. The van der Waals surface area contributed by atoms with Gasteiger partial charge in [0, 0.05) is 18.7 Å². The number of unbranched alkanes of at least 4 members (excludes halogenated alkanes) is 2. The topological polar surface area (TPSA) is 62.5 Å². The zero-order chi connectivity index (χ0) is 15.2. The van der Waals surface area contributed by atoms with Crippen molar-refractivity contribution in [3.8, 4) is 0 Å². The van der Waals surface area contributed by atoms with Crippen molar-refractivity contribution in [3.05, 3.63) is 23.2 Å². The summed E-state index contributed by atoms with van der Waals surface area (Å²) in [6, 6.07) is 1.61. The smallest absolute Gasteiger partial charge is 0.371 e. The number of carboxylic acid groups (broad SMARTS) is 1. The van der Waals surface area contributed by atoms with Crippen LogP contribution < -0.4 is 5.32 Å². The average molecular weight is 281 g/mol. The van der Waals surface area contributed by atoms with Crippen LogP contribution in [0.2, 0.25) is 0 Å². The summed E-state index contributed by atoms with van der Waals surface area (Å²) in [6.45, 7) is 10.1. The van der Waals surface area contributed by atoms with Gasteiger partial charge in [-0.15, -0.1) is 0 Å². The molecule has 0 saturated carbocycles. The van der Waals surface area contributed by atoms with Gasteiger partial charge in [-0.25, -0.2) is 4.79 Å². The first kappa shape index (κ1) is 16.8. The first-order valence-corrected chi connectivity index (χ1v) is 7.39. The van der Waals surface area contributed by atoms with Crippen molar-refractivity contribution in [1.29, 1.82) is 0 Å². The minimum absolute atomic E-state index is 0.0153. The lowest BCUT2D eigenvalue weighted by atomic mass is 9.87. The molecular formula is C16H27NO3. The number of hydrogen-bond acceptors (Lipinski definition) is 3. The minimum Gasteiger partial charge on any atom is -0.475 e. The number of nitrogens with one attached hydrogen (secondary N) is 1. The Bertz CT molecular complexity index is 435. The van der Waals surface area contributed by atoms with Gasteiger partial charge >= 0.3 is 5.97 Å². The second-order valence-corrected chi connectivity index (χ2v) is 6.22. The van der Waals surface area contributed by atoms with Crippen LogP contribution in [0.1, 0.15) is 68.3 Å². The third-order valence-electron chi connectivity index (χ3n) is 3.61. The molecule has 0 bridgehead atoms. The summed E-state index contributed by atoms with van der Waals surface area (Å²) >= 11 is 0. The van der Waals surface area contributed by atoms with Gasteiger partial charge in [0.1, 0.15) is 5.76 Å². The van der Waals surface area contributed by atoms with E-state index < -0.39 is 5.97 Å². The standard InChI is InChI=1S/C16H27NO3/c1-5-6-7-8-16(3,4)11-17-10-13-9-14(15(18)19)20-12(13)2/h9,17H,5-8,10-11H2,1-4H3,(H,18,19). The molecule has 0 radical (unpaired) electrons. The quantitative estimate of drug-likeness (QED) is 0.672. The van der Waals surface area contributed by atoms with E-state index in [9.17, 15) is 4.79 Å². The zero-order valence-electron chi connectivity index (χ0n) is 13.1. The van der Waals surface area contributed by atoms with Gasteiger partial charge in [-0.3, -0.25) is 0 Å². The molecule has 0 amide bonds. The Morgan fingerprint density at radius 2 is 2.10 bits per heavy atom. The molecule has 0 aromatic carbocycles. The molecule has 1 aromatic rings. The molecule has 114 valence electrons. The number of aryl methyl sites for hydroxylation is 1. The third kappa shape index (κ3) is 5.37. The zero-order valence-corrected chi connectivity index (χ0v) is 13.1. The van der Waals surface area contributed by atoms with E-state index in [4.69, 9.17) is 9.52 Å². The average Bonchev–Trinajstić information content (AvgIpc) is 2.71. The van der Waals surface area contributed by atoms with Crippen molar-refractivity contribution < 1.29 is 14.3 Å². The van der Waals surface area contributed by atoms with Crippen molar-refractivity contribution in [2.24, 2.45) is 5.41 Å². The van der Waals surface area contributed by atoms with Crippen LogP contribution >= 0.6 is 0 Å². The molecule has 20 heavy (non-hydrogen) atoms. The Labute approximate surface area is 121 Å². The van der Waals surface area contributed by atoms with Gasteiger partial charge in [0.15, 0.2) is 0 Å². The highest BCUT2D eigenvalue weighted by atomic mass is 16.4. The lowest BCUT2D eigenvalue weighted by molar-refractivity contribution is 0.0661. The summed E-state index contributed by atoms with van der Waals surface area (Å²) in [6.07, 6.45) is 5.00. The lowest BCUT2D eigenvalue weighted by Crippen LogP contribution is -2.29. The number of aromatic carboxylic acids is 1. The fourth-order valence-corrected chi connectivity index (χ4v) is 2.28. The highest BCUT2D eigenvalue weighted by Crippen LogP contribution is 2.23. The van der Waals surface area contributed by atoms with Gasteiger partial charge in [-0.2, -0.15) is 0 Å². The molecule has 0 spiro atoms. The highest BCUT2D eigenvalue weighted by Gasteiger charge is 2.18. The van der Waals surface area contributed by atoms with Crippen molar-refractivity contribution in [2.75, 3.05) is 6.54 Å². The van der Waals surface area contributed by atoms with E-state index in [1.165, 1.54) is 25.7 Å². The number of carboxylic acids is 1. The largest absolute Gasteiger partial charge is 0.475 e. The highest BCUT2D eigenvalue weighted by molar-refractivity contribution is 5.84. The molecule has 0 atom stereocenters. The van der Waals surface area contributed by atoms with Gasteiger partial charge in [-0.1, -0.05) is 40.0 Å². The second-order valence-electron chi connectivity index (χ2n) is 6.22. The first-order chi connectivity index (χ1) is 9.35. The molecule has 0 fully saturated rings. The predicted octanol–water partition coefficient (Wildman–Crippen LogP) is 3.98. The molecule has 0 aliphatic rings. The molecule has 2 N–H and O–H groups in total. The van der Waals surface area contributed by atoms with E-state index in [1.807, 2.05) is 0 Å². The number of furan rings is 1. The number of carbonyl (C=O) groups is 1. The van der Waals surface area contributed by atoms with Gasteiger partial charge < -0.3 is 14.8 Å². The van der Waals surface area contributed by atoms with Crippen LogP contribution in [-0.2, 0) is 6.54 Å². The predicted molar refractivity (Wildman–Crippen MR) is 80.0 cm³/mol. The summed E-state index contributed by atoms with van der Waals surface area (Å²) in [5, 5.41) is 12.3. The Hall–Kier alpha value is -1.29. The van der Waals surface area contributed by atoms with Crippen molar-refractivity contribution in [2.45, 2.75) is 59.9 Å². The fraction of sp³-hybridized carbons (Fsp3) is 0.688. The van der Waals surface area contributed by atoms with E-state index in [0.717, 1.165) is 12.1 Å². The maximum atomic E-state index is 10.8. The molecule has 0 aliphatic carbocycles. The number of rotatable bonds is 9. The molecule has 4 nitrogen and oxygen atoms in total. The van der Waals surface area contributed by atoms with E-state index in [1.54, 1.807) is 13.0 Å². The maximum absolute atomic E-state index is 10.8. The van der Waals surface area contributed by atoms with Gasteiger partial charge in [0.2, 0.25) is 5.76 Å². The van der Waals surface area contributed by atoms with Crippen LogP contribution in [0.15, 0.2) is 10.5 Å². The van der Waals surface area contributed by atoms with E-state index in [0.29, 0.717) is 12.3 Å². The number of hydrogen-bond donors (Lipinski definition) is 2. The SMILES string of the molecule is CCCCCC(C)(C)CNCc1cc(C(=O)O)oc1C. The Morgan fingerprint density at radius 1 is 1.40 bits per heavy atom. The normalized spacial score (nSPS) is 11.8. The molecule has 4 heteroatoms. The summed E-state index contributed by atoms with van der Waals surface area (Å²) in [5.74, 6) is -0.320. The Balaban J connectivity index is 2.41. The molecule has 1 aromatic heterocycles. The lowest BCUT2D eigenvalue weighted by Gasteiger charge is -2.25. The molecule has 0 aliphatic heterocycles. The van der Waals surface area contributed by atoms with Crippen LogP contribution in [-0.4, -0.2) is 17.6 Å². The van der Waals surface area contributed by atoms with Crippen LogP contribution in [0, 0.1) is 12.3 Å². The second kappa shape index (κ2) is 7.48. The van der Waals surface area contributed by atoms with Crippen molar-refractivity contribution in [3.63, 3.8) is 0 Å². The van der Waals surface area contributed by atoms with E-state index >= 15 is 0 Å². The molecular weight excluding hydrogens is 254 g/mol.